The molecular weight excluding hydrogens is 222 g/mol. The van der Waals surface area contributed by atoms with Gasteiger partial charge in [0.1, 0.15) is 0 Å². The third-order valence-electron chi connectivity index (χ3n) is 2.82. The SMILES string of the molecule is COc1c2c(cc3[nH]c(=O)cc(C)c13)OCO2. The third-order valence-corrected chi connectivity index (χ3v) is 2.82. The van der Waals surface area contributed by atoms with Crippen molar-refractivity contribution in [3.63, 3.8) is 0 Å². The van der Waals surface area contributed by atoms with Crippen LogP contribution in [-0.2, 0) is 0 Å². The lowest BCUT2D eigenvalue weighted by Gasteiger charge is -2.10. The largest absolute Gasteiger partial charge is 0.492 e. The molecule has 2 heterocycles. The smallest absolute Gasteiger partial charge is 0.248 e. The molecule has 5 heteroatoms. The van der Waals surface area contributed by atoms with Gasteiger partial charge < -0.3 is 19.2 Å². The van der Waals surface area contributed by atoms with E-state index < -0.39 is 0 Å². The number of methoxy groups -OCH3 is 1. The first kappa shape index (κ1) is 10.0. The van der Waals surface area contributed by atoms with Crippen LogP contribution in [0.1, 0.15) is 5.56 Å². The molecule has 5 nitrogen and oxygen atoms in total. The molecule has 0 unspecified atom stereocenters. The van der Waals surface area contributed by atoms with E-state index in [9.17, 15) is 4.79 Å². The van der Waals surface area contributed by atoms with Gasteiger partial charge in [-0.25, -0.2) is 0 Å². The number of ether oxygens (including phenoxy) is 3. The molecule has 1 N–H and O–H groups in total. The van der Waals surface area contributed by atoms with Crippen molar-refractivity contribution in [1.82, 2.24) is 4.98 Å². The molecule has 1 aliphatic heterocycles. The Bertz CT molecular complexity index is 660. The lowest BCUT2D eigenvalue weighted by atomic mass is 10.1. The van der Waals surface area contributed by atoms with Crippen LogP contribution in [0.5, 0.6) is 17.2 Å². The Kier molecular flexibility index (Phi) is 2.01. The fourth-order valence-corrected chi connectivity index (χ4v) is 2.13. The fourth-order valence-electron chi connectivity index (χ4n) is 2.13. The summed E-state index contributed by atoms with van der Waals surface area (Å²) in [5.41, 5.74) is 1.39. The first-order chi connectivity index (χ1) is 8.20. The van der Waals surface area contributed by atoms with Crippen LogP contribution in [0, 0.1) is 6.92 Å². The lowest BCUT2D eigenvalue weighted by molar-refractivity contribution is 0.171. The van der Waals surface area contributed by atoms with E-state index in [0.717, 1.165) is 10.9 Å². The number of hydrogen-bond acceptors (Lipinski definition) is 4. The van der Waals surface area contributed by atoms with Gasteiger partial charge >= 0.3 is 0 Å². The summed E-state index contributed by atoms with van der Waals surface area (Å²) in [7, 11) is 1.57. The summed E-state index contributed by atoms with van der Waals surface area (Å²) in [5, 5.41) is 0.844. The van der Waals surface area contributed by atoms with Gasteiger partial charge in [-0.2, -0.15) is 0 Å². The predicted molar refractivity (Wildman–Crippen MR) is 62.0 cm³/mol. The lowest BCUT2D eigenvalue weighted by Crippen LogP contribution is -2.05. The standard InChI is InChI=1S/C12H11NO4/c1-6-3-9(14)13-7-4-8-11(17-5-16-8)12(15-2)10(6)7/h3-4H,5H2,1-2H3,(H,13,14). The van der Waals surface area contributed by atoms with Gasteiger partial charge in [0.15, 0.2) is 11.5 Å². The number of nitrogens with one attached hydrogen (secondary N) is 1. The highest BCUT2D eigenvalue weighted by Gasteiger charge is 2.23. The molecule has 17 heavy (non-hydrogen) atoms. The normalized spacial score (nSPS) is 13.1. The molecule has 88 valence electrons. The molecule has 1 aromatic carbocycles. The van der Waals surface area contributed by atoms with Crippen LogP contribution >= 0.6 is 0 Å². The predicted octanol–water partition coefficient (Wildman–Crippen LogP) is 1.57. The Morgan fingerprint density at radius 1 is 1.35 bits per heavy atom. The van der Waals surface area contributed by atoms with E-state index in [4.69, 9.17) is 14.2 Å². The minimum atomic E-state index is -0.143. The average Bonchev–Trinajstić information content (AvgIpc) is 2.73. The molecule has 0 saturated carbocycles. The third kappa shape index (κ3) is 1.35. The summed E-state index contributed by atoms with van der Waals surface area (Å²) in [6.07, 6.45) is 0. The molecule has 0 fully saturated rings. The van der Waals surface area contributed by atoms with E-state index in [0.29, 0.717) is 22.8 Å². The van der Waals surface area contributed by atoms with Gasteiger partial charge in [0, 0.05) is 17.5 Å². The Hall–Kier alpha value is -2.17. The van der Waals surface area contributed by atoms with Crippen LogP contribution < -0.4 is 19.8 Å². The first-order valence-corrected chi connectivity index (χ1v) is 5.21. The molecule has 0 radical (unpaired) electrons. The van der Waals surface area contributed by atoms with Gasteiger partial charge in [0.2, 0.25) is 18.1 Å². The van der Waals surface area contributed by atoms with E-state index in [2.05, 4.69) is 4.98 Å². The average molecular weight is 233 g/mol. The zero-order chi connectivity index (χ0) is 12.0. The topological polar surface area (TPSA) is 60.6 Å². The minimum Gasteiger partial charge on any atom is -0.492 e. The number of fused-ring (bicyclic) bond motifs is 2. The van der Waals surface area contributed by atoms with Crippen LogP contribution in [0.25, 0.3) is 10.9 Å². The second-order valence-corrected chi connectivity index (χ2v) is 3.88. The van der Waals surface area contributed by atoms with Crippen molar-refractivity contribution in [3.05, 3.63) is 28.0 Å². The van der Waals surface area contributed by atoms with Gasteiger partial charge in [-0.1, -0.05) is 0 Å². The Labute approximate surface area is 96.9 Å². The quantitative estimate of drug-likeness (QED) is 0.812. The van der Waals surface area contributed by atoms with Crippen molar-refractivity contribution in [2.75, 3.05) is 13.9 Å². The van der Waals surface area contributed by atoms with Crippen molar-refractivity contribution in [2.24, 2.45) is 0 Å². The van der Waals surface area contributed by atoms with Crippen molar-refractivity contribution < 1.29 is 14.2 Å². The summed E-state index contributed by atoms with van der Waals surface area (Å²) in [5.74, 6) is 1.79. The highest BCUT2D eigenvalue weighted by atomic mass is 16.7. The van der Waals surface area contributed by atoms with E-state index in [1.165, 1.54) is 6.07 Å². The van der Waals surface area contributed by atoms with Crippen LogP contribution in [0.3, 0.4) is 0 Å². The molecule has 3 rings (SSSR count). The molecule has 0 spiro atoms. The number of hydrogen-bond donors (Lipinski definition) is 1. The number of benzene rings is 1. The van der Waals surface area contributed by atoms with E-state index >= 15 is 0 Å². The maximum absolute atomic E-state index is 11.4. The monoisotopic (exact) mass is 233 g/mol. The van der Waals surface area contributed by atoms with E-state index in [1.54, 1.807) is 13.2 Å². The Balaban J connectivity index is 2.49. The molecular formula is C12H11NO4. The molecule has 0 atom stereocenters. The fraction of sp³-hybridized carbons (Fsp3) is 0.250. The van der Waals surface area contributed by atoms with Gasteiger partial charge in [-0.3, -0.25) is 4.79 Å². The molecule has 1 aliphatic rings. The van der Waals surface area contributed by atoms with Gasteiger partial charge in [-0.15, -0.1) is 0 Å². The number of rotatable bonds is 1. The van der Waals surface area contributed by atoms with Crippen molar-refractivity contribution in [3.8, 4) is 17.2 Å². The summed E-state index contributed by atoms with van der Waals surface area (Å²) in [4.78, 5) is 14.2. The summed E-state index contributed by atoms with van der Waals surface area (Å²) < 4.78 is 16.0. The second kappa shape index (κ2) is 3.41. The summed E-state index contributed by atoms with van der Waals surface area (Å²) in [6.45, 7) is 2.04. The van der Waals surface area contributed by atoms with Crippen molar-refractivity contribution in [1.29, 1.82) is 0 Å². The Morgan fingerprint density at radius 2 is 2.18 bits per heavy atom. The van der Waals surface area contributed by atoms with E-state index in [1.807, 2.05) is 6.92 Å². The van der Waals surface area contributed by atoms with Gasteiger partial charge in [-0.05, 0) is 12.5 Å². The highest BCUT2D eigenvalue weighted by molar-refractivity contribution is 5.93. The molecule has 0 aliphatic carbocycles. The van der Waals surface area contributed by atoms with Crippen LogP contribution in [0.4, 0.5) is 0 Å². The van der Waals surface area contributed by atoms with Crippen LogP contribution in [0.15, 0.2) is 16.9 Å². The van der Waals surface area contributed by atoms with Crippen LogP contribution in [-0.4, -0.2) is 18.9 Å². The van der Waals surface area contributed by atoms with Gasteiger partial charge in [0.05, 0.1) is 12.6 Å². The van der Waals surface area contributed by atoms with Crippen molar-refractivity contribution >= 4 is 10.9 Å². The molecule has 2 aromatic rings. The Morgan fingerprint density at radius 3 is 2.94 bits per heavy atom. The number of pyridine rings is 1. The van der Waals surface area contributed by atoms with Crippen molar-refractivity contribution in [2.45, 2.75) is 6.92 Å². The number of aromatic amines is 1. The number of aryl methyl sites for hydroxylation is 1. The van der Waals surface area contributed by atoms with E-state index in [-0.39, 0.29) is 12.4 Å². The van der Waals surface area contributed by atoms with Crippen LogP contribution in [0.2, 0.25) is 0 Å². The zero-order valence-electron chi connectivity index (χ0n) is 9.49. The minimum absolute atomic E-state index is 0.143. The summed E-state index contributed by atoms with van der Waals surface area (Å²) >= 11 is 0. The summed E-state index contributed by atoms with van der Waals surface area (Å²) in [6, 6.07) is 3.29. The second-order valence-electron chi connectivity index (χ2n) is 3.88. The molecule has 0 saturated heterocycles. The van der Waals surface area contributed by atoms with Gasteiger partial charge in [0.25, 0.3) is 0 Å². The molecule has 0 amide bonds. The highest BCUT2D eigenvalue weighted by Crippen LogP contribution is 2.46. The maximum Gasteiger partial charge on any atom is 0.248 e. The molecule has 1 aromatic heterocycles. The molecule has 0 bridgehead atoms. The maximum atomic E-state index is 11.4. The first-order valence-electron chi connectivity index (χ1n) is 5.21. The number of aromatic nitrogens is 1. The zero-order valence-corrected chi connectivity index (χ0v) is 9.49. The number of H-pyrrole nitrogens is 1.